The zero-order valence-corrected chi connectivity index (χ0v) is 12.5. The molecule has 0 aliphatic rings. The summed E-state index contributed by atoms with van der Waals surface area (Å²) in [5.41, 5.74) is 2.92. The van der Waals surface area contributed by atoms with E-state index in [0.717, 1.165) is 4.47 Å². The second kappa shape index (κ2) is 6.53. The van der Waals surface area contributed by atoms with Crippen molar-refractivity contribution in [1.82, 2.24) is 10.6 Å². The number of halogens is 1. The van der Waals surface area contributed by atoms with Crippen molar-refractivity contribution in [1.29, 1.82) is 0 Å². The van der Waals surface area contributed by atoms with Crippen LogP contribution in [-0.2, 0) is 9.63 Å². The molecule has 1 N–H and O–H groups in total. The molecule has 7 heteroatoms. The standard InChI is InChI=1S/C13H13BrN2O4/c1-8(13(17)16-18-2)19-11-4-3-9(14)7-10(11)12-5-6-15-20-12/h3-8H,1-2H3,(H,16,17)/t8-/m0/s1. The van der Waals surface area contributed by atoms with Crippen molar-refractivity contribution in [2.45, 2.75) is 13.0 Å². The summed E-state index contributed by atoms with van der Waals surface area (Å²) >= 11 is 3.38. The second-order valence-corrected chi connectivity index (χ2v) is 4.86. The Morgan fingerprint density at radius 2 is 2.25 bits per heavy atom. The van der Waals surface area contributed by atoms with E-state index in [1.54, 1.807) is 25.3 Å². The maximum atomic E-state index is 11.6. The van der Waals surface area contributed by atoms with Gasteiger partial charge >= 0.3 is 0 Å². The molecule has 0 saturated heterocycles. The molecule has 0 radical (unpaired) electrons. The van der Waals surface area contributed by atoms with Crippen LogP contribution in [0.1, 0.15) is 6.92 Å². The van der Waals surface area contributed by atoms with Gasteiger partial charge in [0.15, 0.2) is 11.9 Å². The molecule has 1 aromatic carbocycles. The highest BCUT2D eigenvalue weighted by atomic mass is 79.9. The monoisotopic (exact) mass is 340 g/mol. The van der Waals surface area contributed by atoms with Gasteiger partial charge in [-0.1, -0.05) is 21.1 Å². The number of amides is 1. The van der Waals surface area contributed by atoms with E-state index in [2.05, 4.69) is 31.4 Å². The van der Waals surface area contributed by atoms with Gasteiger partial charge in [0, 0.05) is 10.5 Å². The van der Waals surface area contributed by atoms with Gasteiger partial charge in [0.05, 0.1) is 18.9 Å². The first-order chi connectivity index (χ1) is 9.61. The molecule has 0 fully saturated rings. The van der Waals surface area contributed by atoms with E-state index in [4.69, 9.17) is 9.26 Å². The van der Waals surface area contributed by atoms with Crippen molar-refractivity contribution >= 4 is 21.8 Å². The Hall–Kier alpha value is -1.86. The summed E-state index contributed by atoms with van der Waals surface area (Å²) in [5.74, 6) is 0.697. The summed E-state index contributed by atoms with van der Waals surface area (Å²) < 4.78 is 11.6. The van der Waals surface area contributed by atoms with Crippen LogP contribution >= 0.6 is 15.9 Å². The molecule has 0 spiro atoms. The average Bonchev–Trinajstić information content (AvgIpc) is 2.95. The molecular weight excluding hydrogens is 328 g/mol. The maximum absolute atomic E-state index is 11.6. The van der Waals surface area contributed by atoms with E-state index in [9.17, 15) is 4.79 Å². The van der Waals surface area contributed by atoms with Crippen molar-refractivity contribution < 1.29 is 18.9 Å². The predicted octanol–water partition coefficient (Wildman–Crippen LogP) is 2.55. The van der Waals surface area contributed by atoms with Gasteiger partial charge in [-0.2, -0.15) is 0 Å². The molecule has 0 saturated carbocycles. The van der Waals surface area contributed by atoms with Crippen LogP contribution in [0.5, 0.6) is 5.75 Å². The highest BCUT2D eigenvalue weighted by molar-refractivity contribution is 9.10. The fourth-order valence-electron chi connectivity index (χ4n) is 1.58. The molecule has 2 aromatic rings. The first-order valence-electron chi connectivity index (χ1n) is 5.82. The molecule has 106 valence electrons. The van der Waals surface area contributed by atoms with Crippen LogP contribution in [0.2, 0.25) is 0 Å². The highest BCUT2D eigenvalue weighted by Gasteiger charge is 2.18. The summed E-state index contributed by atoms with van der Waals surface area (Å²) in [6, 6.07) is 7.11. The smallest absolute Gasteiger partial charge is 0.284 e. The van der Waals surface area contributed by atoms with E-state index in [0.29, 0.717) is 17.1 Å². The number of carbonyl (C=O) groups is 1. The molecule has 1 atom stereocenters. The third kappa shape index (κ3) is 3.37. The summed E-state index contributed by atoms with van der Waals surface area (Å²) in [7, 11) is 1.37. The molecular formula is C13H13BrN2O4. The summed E-state index contributed by atoms with van der Waals surface area (Å²) in [6.45, 7) is 1.63. The topological polar surface area (TPSA) is 73.6 Å². The van der Waals surface area contributed by atoms with Crippen molar-refractivity contribution in [2.75, 3.05) is 7.11 Å². The van der Waals surface area contributed by atoms with Gasteiger partial charge in [-0.05, 0) is 25.1 Å². The molecule has 6 nitrogen and oxygen atoms in total. The van der Waals surface area contributed by atoms with Crippen LogP contribution in [0.25, 0.3) is 11.3 Å². The average molecular weight is 341 g/mol. The summed E-state index contributed by atoms with van der Waals surface area (Å²) in [6.07, 6.45) is 0.832. The highest BCUT2D eigenvalue weighted by Crippen LogP contribution is 2.33. The van der Waals surface area contributed by atoms with E-state index in [1.807, 2.05) is 12.1 Å². The third-order valence-corrected chi connectivity index (χ3v) is 3.01. The molecule has 0 aliphatic carbocycles. The van der Waals surface area contributed by atoms with Crippen LogP contribution in [-0.4, -0.2) is 24.3 Å². The lowest BCUT2D eigenvalue weighted by atomic mass is 10.1. The molecule has 1 heterocycles. The maximum Gasteiger partial charge on any atom is 0.284 e. The summed E-state index contributed by atoms with van der Waals surface area (Å²) in [5, 5.41) is 3.67. The van der Waals surface area contributed by atoms with Gasteiger partial charge in [-0.25, -0.2) is 5.48 Å². The number of benzene rings is 1. The largest absolute Gasteiger partial charge is 0.480 e. The van der Waals surface area contributed by atoms with Gasteiger partial charge in [0.1, 0.15) is 5.75 Å². The number of aromatic nitrogens is 1. The van der Waals surface area contributed by atoms with Crippen LogP contribution in [0, 0.1) is 0 Å². The Labute approximate surface area is 124 Å². The quantitative estimate of drug-likeness (QED) is 0.846. The minimum absolute atomic E-state index is 0.376. The molecule has 1 amide bonds. The number of hydrogen-bond donors (Lipinski definition) is 1. The lowest BCUT2D eigenvalue weighted by molar-refractivity contribution is -0.137. The Morgan fingerprint density at radius 1 is 1.45 bits per heavy atom. The first kappa shape index (κ1) is 14.5. The Bertz CT molecular complexity index is 586. The van der Waals surface area contributed by atoms with Crippen LogP contribution in [0.15, 0.2) is 39.5 Å². The normalized spacial score (nSPS) is 11.9. The molecule has 0 bridgehead atoms. The Balaban J connectivity index is 2.26. The SMILES string of the molecule is CONC(=O)[C@H](C)Oc1ccc(Br)cc1-c1ccno1. The number of ether oxygens (including phenoxy) is 1. The van der Waals surface area contributed by atoms with E-state index in [-0.39, 0.29) is 5.91 Å². The van der Waals surface area contributed by atoms with Crippen molar-refractivity contribution in [2.24, 2.45) is 0 Å². The minimum Gasteiger partial charge on any atom is -0.480 e. The molecule has 20 heavy (non-hydrogen) atoms. The number of nitrogens with one attached hydrogen (secondary N) is 1. The van der Waals surface area contributed by atoms with Crippen molar-refractivity contribution in [3.63, 3.8) is 0 Å². The zero-order chi connectivity index (χ0) is 14.5. The Kier molecular flexibility index (Phi) is 4.75. The van der Waals surface area contributed by atoms with Crippen molar-refractivity contribution in [3.8, 4) is 17.1 Å². The number of rotatable bonds is 5. The lowest BCUT2D eigenvalue weighted by Gasteiger charge is -2.15. The van der Waals surface area contributed by atoms with Gasteiger partial charge in [-0.15, -0.1) is 0 Å². The number of hydroxylamine groups is 1. The number of nitrogens with zero attached hydrogens (tertiary/aromatic N) is 1. The second-order valence-electron chi connectivity index (χ2n) is 3.95. The number of carbonyl (C=O) groups excluding carboxylic acids is 1. The first-order valence-corrected chi connectivity index (χ1v) is 6.61. The van der Waals surface area contributed by atoms with Gasteiger partial charge in [0.25, 0.3) is 5.91 Å². The fraction of sp³-hybridized carbons (Fsp3) is 0.231. The van der Waals surface area contributed by atoms with Gasteiger partial charge < -0.3 is 9.26 Å². The van der Waals surface area contributed by atoms with Crippen molar-refractivity contribution in [3.05, 3.63) is 34.9 Å². The van der Waals surface area contributed by atoms with E-state index >= 15 is 0 Å². The predicted molar refractivity (Wildman–Crippen MR) is 74.9 cm³/mol. The van der Waals surface area contributed by atoms with Gasteiger partial charge in [0.2, 0.25) is 0 Å². The molecule has 0 aliphatic heterocycles. The lowest BCUT2D eigenvalue weighted by Crippen LogP contribution is -2.35. The van der Waals surface area contributed by atoms with E-state index in [1.165, 1.54) is 7.11 Å². The van der Waals surface area contributed by atoms with Crippen LogP contribution in [0.3, 0.4) is 0 Å². The Morgan fingerprint density at radius 3 is 2.90 bits per heavy atom. The fourth-order valence-corrected chi connectivity index (χ4v) is 1.94. The molecule has 0 unspecified atom stereocenters. The van der Waals surface area contributed by atoms with Crippen LogP contribution < -0.4 is 10.2 Å². The molecule has 1 aromatic heterocycles. The summed E-state index contributed by atoms with van der Waals surface area (Å²) in [4.78, 5) is 16.2. The minimum atomic E-state index is -0.710. The van der Waals surface area contributed by atoms with Gasteiger partial charge in [-0.3, -0.25) is 9.63 Å². The zero-order valence-electron chi connectivity index (χ0n) is 10.9. The van der Waals surface area contributed by atoms with Crippen LogP contribution in [0.4, 0.5) is 0 Å². The van der Waals surface area contributed by atoms with E-state index < -0.39 is 6.10 Å². The molecule has 2 rings (SSSR count). The number of hydrogen-bond acceptors (Lipinski definition) is 5. The third-order valence-electron chi connectivity index (χ3n) is 2.52.